The largest absolute Gasteiger partial charge is 0.478 e. The molecule has 0 atom stereocenters. The average molecular weight is 235 g/mol. The van der Waals surface area contributed by atoms with Crippen LogP contribution in [0.2, 0.25) is 0 Å². The van der Waals surface area contributed by atoms with E-state index in [1.807, 2.05) is 0 Å². The van der Waals surface area contributed by atoms with Crippen LogP contribution in [0.3, 0.4) is 0 Å². The monoisotopic (exact) mass is 235 g/mol. The van der Waals surface area contributed by atoms with E-state index in [0.29, 0.717) is 11.3 Å². The van der Waals surface area contributed by atoms with Gasteiger partial charge in [-0.1, -0.05) is 13.3 Å². The summed E-state index contributed by atoms with van der Waals surface area (Å²) in [4.78, 5) is 14.8. The lowest BCUT2D eigenvalue weighted by Gasteiger charge is -2.05. The van der Waals surface area contributed by atoms with Gasteiger partial charge in [-0.25, -0.2) is 4.79 Å². The molecule has 0 saturated heterocycles. The van der Waals surface area contributed by atoms with Crippen molar-refractivity contribution in [2.45, 2.75) is 26.2 Å². The molecule has 0 aliphatic rings. The van der Waals surface area contributed by atoms with Crippen molar-refractivity contribution in [3.63, 3.8) is 0 Å². The van der Waals surface area contributed by atoms with Crippen LogP contribution in [0, 0.1) is 0 Å². The highest BCUT2D eigenvalue weighted by Gasteiger charge is 2.09. The molecule has 0 radical (unpaired) electrons. The van der Waals surface area contributed by atoms with Crippen LogP contribution < -0.4 is 0 Å². The summed E-state index contributed by atoms with van der Waals surface area (Å²) in [5.74, 6) is -0.899. The zero-order chi connectivity index (χ0) is 12.0. The van der Waals surface area contributed by atoms with Crippen molar-refractivity contribution < 1.29 is 9.90 Å². The van der Waals surface area contributed by atoms with Gasteiger partial charge in [-0.05, 0) is 48.8 Å². The average Bonchev–Trinajstić information content (AvgIpc) is 2.26. The molecule has 4 heteroatoms. The Kier molecular flexibility index (Phi) is 4.83. The van der Waals surface area contributed by atoms with E-state index in [9.17, 15) is 4.79 Å². The Morgan fingerprint density at radius 2 is 2.31 bits per heavy atom. The number of rotatable bonds is 5. The van der Waals surface area contributed by atoms with Gasteiger partial charge < -0.3 is 5.11 Å². The fourth-order valence-electron chi connectivity index (χ4n) is 1.49. The number of isothiocyanates is 1. The van der Waals surface area contributed by atoms with Crippen molar-refractivity contribution in [2.24, 2.45) is 4.99 Å². The molecule has 1 rings (SSSR count). The number of hydrogen-bond donors (Lipinski definition) is 1. The number of carboxylic acids is 1. The summed E-state index contributed by atoms with van der Waals surface area (Å²) in [7, 11) is 0. The van der Waals surface area contributed by atoms with Gasteiger partial charge in [0.1, 0.15) is 0 Å². The molecule has 0 aliphatic heterocycles. The SMILES string of the molecule is CCCCc1cc(N=C=S)ccc1C(=O)O. The molecule has 3 nitrogen and oxygen atoms in total. The van der Waals surface area contributed by atoms with E-state index in [1.54, 1.807) is 18.2 Å². The fraction of sp³-hybridized carbons (Fsp3) is 0.333. The van der Waals surface area contributed by atoms with Gasteiger partial charge in [0.05, 0.1) is 16.4 Å². The fourth-order valence-corrected chi connectivity index (χ4v) is 1.59. The molecule has 0 bridgehead atoms. The number of aliphatic imine (C=N–C) groups is 1. The molecule has 0 saturated carbocycles. The number of nitrogens with zero attached hydrogens (tertiary/aromatic N) is 1. The number of benzene rings is 1. The summed E-state index contributed by atoms with van der Waals surface area (Å²) in [5.41, 5.74) is 1.81. The molecule has 0 aromatic heterocycles. The Morgan fingerprint density at radius 3 is 2.88 bits per heavy atom. The van der Waals surface area contributed by atoms with Crippen LogP contribution in [0.4, 0.5) is 5.69 Å². The zero-order valence-corrected chi connectivity index (χ0v) is 9.88. The van der Waals surface area contributed by atoms with Crippen LogP contribution in [-0.4, -0.2) is 16.2 Å². The molecule has 16 heavy (non-hydrogen) atoms. The van der Waals surface area contributed by atoms with Gasteiger partial charge in [0, 0.05) is 0 Å². The van der Waals surface area contributed by atoms with Crippen LogP contribution in [0.15, 0.2) is 23.2 Å². The first-order chi connectivity index (χ1) is 7.69. The molecule has 0 amide bonds. The van der Waals surface area contributed by atoms with Gasteiger partial charge in [0.25, 0.3) is 0 Å². The third-order valence-corrected chi connectivity index (χ3v) is 2.38. The second-order valence-corrected chi connectivity index (χ2v) is 3.64. The molecule has 1 N–H and O–H groups in total. The molecular formula is C12H13NO2S. The molecule has 0 unspecified atom stereocenters. The Hall–Kier alpha value is -1.51. The van der Waals surface area contributed by atoms with Crippen LogP contribution in [0.5, 0.6) is 0 Å². The Morgan fingerprint density at radius 1 is 1.56 bits per heavy atom. The maximum Gasteiger partial charge on any atom is 0.335 e. The van der Waals surface area contributed by atoms with E-state index in [-0.39, 0.29) is 0 Å². The van der Waals surface area contributed by atoms with E-state index in [2.05, 4.69) is 29.3 Å². The number of hydrogen-bond acceptors (Lipinski definition) is 3. The second-order valence-electron chi connectivity index (χ2n) is 3.45. The quantitative estimate of drug-likeness (QED) is 0.628. The first-order valence-corrected chi connectivity index (χ1v) is 5.54. The van der Waals surface area contributed by atoms with E-state index in [1.165, 1.54) is 0 Å². The van der Waals surface area contributed by atoms with Crippen LogP contribution in [0.1, 0.15) is 35.7 Å². The Balaban J connectivity index is 3.09. The van der Waals surface area contributed by atoms with Crippen LogP contribution in [-0.2, 0) is 6.42 Å². The minimum atomic E-state index is -0.899. The molecule has 0 heterocycles. The third kappa shape index (κ3) is 3.26. The summed E-state index contributed by atoms with van der Waals surface area (Å²) >= 11 is 4.52. The molecular weight excluding hydrogens is 222 g/mol. The molecule has 84 valence electrons. The first-order valence-electron chi connectivity index (χ1n) is 5.13. The predicted octanol–water partition coefficient (Wildman–Crippen LogP) is 3.46. The molecule has 1 aromatic carbocycles. The number of carboxylic acid groups (broad SMARTS) is 1. The Labute approximate surface area is 99.8 Å². The van der Waals surface area contributed by atoms with Crippen molar-refractivity contribution in [3.05, 3.63) is 29.3 Å². The smallest absolute Gasteiger partial charge is 0.335 e. The van der Waals surface area contributed by atoms with Crippen molar-refractivity contribution in [1.29, 1.82) is 0 Å². The predicted molar refractivity (Wildman–Crippen MR) is 66.7 cm³/mol. The normalized spacial score (nSPS) is 9.56. The molecule has 1 aromatic rings. The van der Waals surface area contributed by atoms with Crippen LogP contribution in [0.25, 0.3) is 0 Å². The van der Waals surface area contributed by atoms with E-state index < -0.39 is 5.97 Å². The van der Waals surface area contributed by atoms with Gasteiger partial charge >= 0.3 is 5.97 Å². The first kappa shape index (κ1) is 12.6. The zero-order valence-electron chi connectivity index (χ0n) is 9.06. The van der Waals surface area contributed by atoms with Crippen molar-refractivity contribution in [3.8, 4) is 0 Å². The highest BCUT2D eigenvalue weighted by atomic mass is 32.1. The number of aromatic carboxylic acids is 1. The summed E-state index contributed by atoms with van der Waals surface area (Å²) < 4.78 is 0. The number of aryl methyl sites for hydroxylation is 1. The number of carbonyl (C=O) groups is 1. The lowest BCUT2D eigenvalue weighted by Crippen LogP contribution is -2.02. The maximum atomic E-state index is 11.0. The standard InChI is InChI=1S/C12H13NO2S/c1-2-3-4-9-7-10(13-8-16)5-6-11(9)12(14)15/h5-7H,2-4H2,1H3,(H,14,15). The van der Waals surface area contributed by atoms with Gasteiger partial charge in [0.2, 0.25) is 0 Å². The van der Waals surface area contributed by atoms with Crippen LogP contribution >= 0.6 is 12.2 Å². The van der Waals surface area contributed by atoms with E-state index in [0.717, 1.165) is 24.8 Å². The summed E-state index contributed by atoms with van der Waals surface area (Å²) in [6, 6.07) is 4.97. The summed E-state index contributed by atoms with van der Waals surface area (Å²) in [5, 5.41) is 11.3. The number of unbranched alkanes of at least 4 members (excludes halogenated alkanes) is 1. The lowest BCUT2D eigenvalue weighted by atomic mass is 10.0. The third-order valence-electron chi connectivity index (χ3n) is 2.29. The highest BCUT2D eigenvalue weighted by molar-refractivity contribution is 7.78. The lowest BCUT2D eigenvalue weighted by molar-refractivity contribution is 0.0695. The number of thiocarbonyl (C=S) groups is 1. The highest BCUT2D eigenvalue weighted by Crippen LogP contribution is 2.20. The maximum absolute atomic E-state index is 11.0. The Bertz CT molecular complexity index is 437. The molecule has 0 fully saturated rings. The van der Waals surface area contributed by atoms with Gasteiger partial charge in [-0.2, -0.15) is 4.99 Å². The van der Waals surface area contributed by atoms with E-state index >= 15 is 0 Å². The van der Waals surface area contributed by atoms with E-state index in [4.69, 9.17) is 5.11 Å². The van der Waals surface area contributed by atoms with Gasteiger partial charge in [-0.3, -0.25) is 0 Å². The van der Waals surface area contributed by atoms with Crippen molar-refractivity contribution in [1.82, 2.24) is 0 Å². The molecule has 0 aliphatic carbocycles. The topological polar surface area (TPSA) is 49.7 Å². The second kappa shape index (κ2) is 6.16. The summed E-state index contributed by atoms with van der Waals surface area (Å²) in [6.45, 7) is 2.07. The molecule has 0 spiro atoms. The van der Waals surface area contributed by atoms with Gasteiger partial charge in [0.15, 0.2) is 0 Å². The van der Waals surface area contributed by atoms with Crippen molar-refractivity contribution >= 4 is 29.0 Å². The van der Waals surface area contributed by atoms with Gasteiger partial charge in [-0.15, -0.1) is 0 Å². The van der Waals surface area contributed by atoms with Crippen molar-refractivity contribution in [2.75, 3.05) is 0 Å². The summed E-state index contributed by atoms with van der Waals surface area (Å²) in [6.07, 6.45) is 2.74. The minimum Gasteiger partial charge on any atom is -0.478 e. The minimum absolute atomic E-state index is 0.344.